The summed E-state index contributed by atoms with van der Waals surface area (Å²) in [7, 11) is 0. The van der Waals surface area contributed by atoms with E-state index in [2.05, 4.69) is 26.3 Å². The number of aliphatic carboxylic acids is 1. The lowest BCUT2D eigenvalue weighted by Gasteiger charge is -2.49. The van der Waals surface area contributed by atoms with Crippen LogP contribution in [0.25, 0.3) is 12.2 Å². The number of carboxylic acid groups (broad SMARTS) is 1. The first-order valence-electron chi connectivity index (χ1n) is 24.1. The third kappa shape index (κ3) is 7.05. The van der Waals surface area contributed by atoms with E-state index in [1.807, 2.05) is 54.7 Å². The maximum atomic E-state index is 15.2. The fourth-order valence-corrected chi connectivity index (χ4v) is 13.1. The average molecular weight is 985 g/mol. The van der Waals surface area contributed by atoms with Gasteiger partial charge in [-0.05, 0) is 95.7 Å². The number of carbonyl (C=O) groups is 2. The van der Waals surface area contributed by atoms with Crippen LogP contribution in [0.15, 0.2) is 104 Å². The summed E-state index contributed by atoms with van der Waals surface area (Å²) in [6, 6.07) is 18.3. The largest absolute Gasteiger partial charge is 0.508 e. The number of carbonyl (C=O) groups excluding carboxylic acids is 1. The predicted octanol–water partition coefficient (Wildman–Crippen LogP) is 2.84. The van der Waals surface area contributed by atoms with Crippen LogP contribution in [0.3, 0.4) is 0 Å². The quantitative estimate of drug-likeness (QED) is 0.0486. The zero-order valence-corrected chi connectivity index (χ0v) is 38.7. The third-order valence-corrected chi connectivity index (χ3v) is 16.4. The van der Waals surface area contributed by atoms with E-state index in [0.717, 1.165) is 39.3 Å². The number of allylic oxidation sites excluding steroid dienone is 2. The molecule has 376 valence electrons. The molecule has 2 aromatic heterocycles. The van der Waals surface area contributed by atoms with Gasteiger partial charge in [0.1, 0.15) is 29.9 Å². The van der Waals surface area contributed by atoms with Crippen molar-refractivity contribution < 1.29 is 65.0 Å². The fraction of sp³-hybridized carbons (Fsp3) is 0.377. The summed E-state index contributed by atoms with van der Waals surface area (Å²) in [5.74, 6) is -8.54. The molecule has 14 unspecified atom stereocenters. The molecule has 72 heavy (non-hydrogen) atoms. The molecule has 3 aromatic carbocycles. The number of amides is 1. The van der Waals surface area contributed by atoms with Crippen LogP contribution in [0.5, 0.6) is 17.2 Å². The first-order chi connectivity index (χ1) is 34.7. The Balaban J connectivity index is 0.989. The summed E-state index contributed by atoms with van der Waals surface area (Å²) in [5, 5.41) is 102. The summed E-state index contributed by atoms with van der Waals surface area (Å²) in [4.78, 5) is 41.6. The van der Waals surface area contributed by atoms with Gasteiger partial charge >= 0.3 is 11.9 Å². The third-order valence-electron chi connectivity index (χ3n) is 16.4. The van der Waals surface area contributed by atoms with Gasteiger partial charge in [0, 0.05) is 72.0 Å². The number of rotatable bonds is 12. The van der Waals surface area contributed by atoms with Crippen molar-refractivity contribution in [1.29, 1.82) is 0 Å². The number of benzene rings is 3. The van der Waals surface area contributed by atoms with Crippen molar-refractivity contribution in [1.82, 2.24) is 15.0 Å². The highest BCUT2D eigenvalue weighted by molar-refractivity contribution is 6.13. The van der Waals surface area contributed by atoms with Crippen molar-refractivity contribution in [2.45, 2.75) is 84.4 Å². The van der Waals surface area contributed by atoms with E-state index < -0.39 is 95.1 Å². The molecule has 0 bridgehead atoms. The second-order valence-electron chi connectivity index (χ2n) is 19.9. The van der Waals surface area contributed by atoms with Crippen molar-refractivity contribution >= 4 is 35.5 Å². The number of aromatic nitrogens is 3. The number of imidazole rings is 1. The van der Waals surface area contributed by atoms with Crippen LogP contribution < -0.4 is 20.7 Å². The fourth-order valence-electron chi connectivity index (χ4n) is 13.1. The van der Waals surface area contributed by atoms with Crippen LogP contribution in [0.4, 0.5) is 11.5 Å². The molecule has 11 rings (SSSR count). The first-order valence-corrected chi connectivity index (χ1v) is 24.1. The number of fused-ring (bicyclic) bond motifs is 7. The van der Waals surface area contributed by atoms with Crippen LogP contribution in [0.1, 0.15) is 76.2 Å². The van der Waals surface area contributed by atoms with Gasteiger partial charge in [0.15, 0.2) is 23.1 Å². The van der Waals surface area contributed by atoms with Gasteiger partial charge in [0.05, 0.1) is 24.3 Å². The van der Waals surface area contributed by atoms with Gasteiger partial charge in [-0.15, -0.1) is 0 Å². The molecule has 1 amide bonds. The topological polar surface area (TPSA) is 320 Å². The number of nitrogens with two attached hydrogens (primary N) is 1. The number of aliphatic hydroxyl groups excluding tert-OH is 5. The zero-order valence-electron chi connectivity index (χ0n) is 38.7. The highest BCUT2D eigenvalue weighted by Gasteiger charge is 2.69. The molecule has 5 aromatic rings. The number of aliphatic hydroxyl groups is 6. The molecule has 2 aliphatic heterocycles. The van der Waals surface area contributed by atoms with E-state index in [-0.39, 0.29) is 41.4 Å². The van der Waals surface area contributed by atoms with Crippen molar-refractivity contribution in [2.24, 2.45) is 23.5 Å². The maximum Gasteiger partial charge on any atom is 0.355 e. The highest BCUT2D eigenvalue weighted by atomic mass is 16.8. The lowest BCUT2D eigenvalue weighted by molar-refractivity contribution is -0.422. The lowest BCUT2D eigenvalue weighted by atomic mass is 9.55. The first kappa shape index (κ1) is 47.5. The Hall–Kier alpha value is -6.81. The van der Waals surface area contributed by atoms with E-state index in [1.165, 1.54) is 30.4 Å². The summed E-state index contributed by atoms with van der Waals surface area (Å²) < 4.78 is 11.1. The van der Waals surface area contributed by atoms with E-state index in [0.29, 0.717) is 36.9 Å². The Labute approximate surface area is 412 Å². The molecule has 4 aliphatic carbocycles. The molecule has 6 aliphatic rings. The number of carboxylic acids is 1. The summed E-state index contributed by atoms with van der Waals surface area (Å²) in [5.41, 5.74) is 8.72. The van der Waals surface area contributed by atoms with Gasteiger partial charge in [-0.2, -0.15) is 0 Å². The van der Waals surface area contributed by atoms with E-state index in [1.54, 1.807) is 18.5 Å². The maximum absolute atomic E-state index is 15.2. The van der Waals surface area contributed by atoms with Crippen LogP contribution in [0, 0.1) is 17.8 Å². The number of hydrogen-bond acceptors (Lipinski definition) is 15. The number of aromatic hydroxyl groups is 2. The number of phenols is 2. The van der Waals surface area contributed by atoms with Crippen molar-refractivity contribution in [3.63, 3.8) is 0 Å². The van der Waals surface area contributed by atoms with E-state index in [9.17, 15) is 50.8 Å². The van der Waals surface area contributed by atoms with Gasteiger partial charge in [-0.25, -0.2) is 9.78 Å². The van der Waals surface area contributed by atoms with Crippen molar-refractivity contribution in [3.05, 3.63) is 143 Å². The number of nitrogens with zero attached hydrogens (tertiary/aromatic N) is 2. The molecule has 1 saturated heterocycles. The van der Waals surface area contributed by atoms with Gasteiger partial charge < -0.3 is 76.5 Å². The minimum absolute atomic E-state index is 0.0257. The standard InChI is InChI=1S/C53H56N6O13/c54-41-13-11-29-10-9-27-4-1-2-5-34(27)52(29,41)35-15-16-51(50(68)69)44(35)32-20-38(63)39(71-53(70)49(67)48(66)47(65)40(24-61)72-53)21-36(32)59(51)43(64)14-8-26-7-12-37(62)30(18-26)31-19-28(23-60)33(46-45(31)57-25-58-46)22-56-42-6-3-17-55-42/h1-10,12,14-18,20-21,25,28-29,31,33,35,40-41,44,47-49,55-56,60-63,65-67,70H,11,13,19,22-24,54H2,(H,57,58)(H,68,69). The number of ether oxygens (including phenoxy) is 2. The molecule has 0 spiro atoms. The van der Waals surface area contributed by atoms with Gasteiger partial charge in [-0.1, -0.05) is 54.6 Å². The highest BCUT2D eigenvalue weighted by Crippen LogP contribution is 2.66. The summed E-state index contributed by atoms with van der Waals surface area (Å²) >= 11 is 0. The zero-order chi connectivity index (χ0) is 50.4. The van der Waals surface area contributed by atoms with Gasteiger partial charge in [-0.3, -0.25) is 9.69 Å². The molecule has 1 saturated carbocycles. The monoisotopic (exact) mass is 984 g/mol. The predicted molar refractivity (Wildman–Crippen MR) is 260 cm³/mol. The van der Waals surface area contributed by atoms with Gasteiger partial charge in [0.25, 0.3) is 5.91 Å². The number of H-pyrrole nitrogens is 2. The minimum atomic E-state index is -3.17. The number of hydrogen-bond donors (Lipinski definition) is 13. The molecule has 0 radical (unpaired) electrons. The second-order valence-corrected chi connectivity index (χ2v) is 19.9. The number of aromatic amines is 2. The molecule has 19 nitrogen and oxygen atoms in total. The second kappa shape index (κ2) is 17.7. The Kier molecular flexibility index (Phi) is 11.7. The molecule has 2 fully saturated rings. The SMILES string of the molecule is NC1CCC2C=Cc3ccccc3C12C1C=CC2(C(=O)O)C1c1cc(O)c(OC3(O)OC(CO)C(O)C(O)C3O)cc1N2C(=O)C=Cc1ccc(O)c(C2CC(CO)C(CNc3ccc[nH]3)c3nc[nH]c32)c1. The van der Waals surface area contributed by atoms with Crippen molar-refractivity contribution in [2.75, 3.05) is 30.0 Å². The normalized spacial score (nSPS) is 34.1. The lowest BCUT2D eigenvalue weighted by Crippen LogP contribution is -2.67. The van der Waals surface area contributed by atoms with Gasteiger partial charge in [0.2, 0.25) is 0 Å². The summed E-state index contributed by atoms with van der Waals surface area (Å²) in [6.07, 6.45) is 7.43. The minimum Gasteiger partial charge on any atom is -0.508 e. The van der Waals surface area contributed by atoms with E-state index >= 15 is 4.79 Å². The Bertz CT molecular complexity index is 3010. The Morgan fingerprint density at radius 2 is 1.78 bits per heavy atom. The van der Waals surface area contributed by atoms with E-state index in [4.69, 9.17) is 15.2 Å². The molecule has 19 heteroatoms. The molecule has 4 heterocycles. The average Bonchev–Trinajstić information content (AvgIpc) is 4.24. The van der Waals surface area contributed by atoms with Crippen LogP contribution in [-0.2, 0) is 19.7 Å². The summed E-state index contributed by atoms with van der Waals surface area (Å²) in [6.45, 7) is -0.567. The smallest absolute Gasteiger partial charge is 0.355 e. The van der Waals surface area contributed by atoms with Crippen LogP contribution in [-0.4, -0.2) is 135 Å². The number of anilines is 2. The van der Waals surface area contributed by atoms with Crippen molar-refractivity contribution in [3.8, 4) is 17.2 Å². The van der Waals surface area contributed by atoms with Crippen LogP contribution >= 0.6 is 0 Å². The Morgan fingerprint density at radius 1 is 0.958 bits per heavy atom. The molecular weight excluding hydrogens is 929 g/mol. The molecule has 14 atom stereocenters. The molecular formula is C53H56N6O13. The number of phenolic OH excluding ortho intramolecular Hbond substituents is 2. The number of nitrogens with one attached hydrogen (secondary N) is 3. The molecule has 14 N–H and O–H groups in total. The Morgan fingerprint density at radius 3 is 2.54 bits per heavy atom. The van der Waals surface area contributed by atoms with Crippen LogP contribution in [0.2, 0.25) is 0 Å².